The first-order valence-corrected chi connectivity index (χ1v) is 10.4. The maximum absolute atomic E-state index is 13.1. The van der Waals surface area contributed by atoms with Gasteiger partial charge in [0.25, 0.3) is 5.78 Å². The molecule has 1 aromatic carbocycles. The van der Waals surface area contributed by atoms with E-state index in [1.807, 2.05) is 23.6 Å². The molecule has 0 amide bonds. The van der Waals surface area contributed by atoms with Crippen LogP contribution < -0.4 is 9.80 Å². The molecule has 7 nitrogen and oxygen atoms in total. The number of hydrogen-bond donors (Lipinski definition) is 0. The van der Waals surface area contributed by atoms with Crippen molar-refractivity contribution in [1.29, 1.82) is 0 Å². The summed E-state index contributed by atoms with van der Waals surface area (Å²) in [5.41, 5.74) is 2.05. The highest BCUT2D eigenvalue weighted by atomic mass is 19.1. The Bertz CT molecular complexity index is 986. The number of aryl methyl sites for hydroxylation is 1. The van der Waals surface area contributed by atoms with E-state index in [2.05, 4.69) is 25.8 Å². The molecule has 2 aliphatic rings. The van der Waals surface area contributed by atoms with Crippen molar-refractivity contribution in [3.63, 3.8) is 0 Å². The second kappa shape index (κ2) is 7.59. The van der Waals surface area contributed by atoms with Crippen molar-refractivity contribution in [2.75, 3.05) is 49.1 Å². The van der Waals surface area contributed by atoms with Crippen LogP contribution >= 0.6 is 0 Å². The first-order chi connectivity index (χ1) is 14.2. The SMILES string of the molecule is Cc1cc(N2CCCC2)n2nc(CN3CCN(c4ccc(F)cc4)CC3)nc2n1. The van der Waals surface area contributed by atoms with Crippen LogP contribution in [0.1, 0.15) is 24.4 Å². The highest BCUT2D eigenvalue weighted by molar-refractivity contribution is 5.48. The smallest absolute Gasteiger partial charge is 0.254 e. The van der Waals surface area contributed by atoms with Crippen LogP contribution in [-0.4, -0.2) is 63.8 Å². The molecule has 0 atom stereocenters. The average molecular weight is 395 g/mol. The van der Waals surface area contributed by atoms with Gasteiger partial charge in [0.2, 0.25) is 0 Å². The number of piperazine rings is 1. The van der Waals surface area contributed by atoms with Gasteiger partial charge in [0.15, 0.2) is 5.82 Å². The van der Waals surface area contributed by atoms with E-state index in [1.54, 1.807) is 0 Å². The predicted molar refractivity (Wildman–Crippen MR) is 111 cm³/mol. The minimum Gasteiger partial charge on any atom is -0.369 e. The second-order valence-corrected chi connectivity index (χ2v) is 7.93. The van der Waals surface area contributed by atoms with Crippen molar-refractivity contribution in [3.8, 4) is 0 Å². The van der Waals surface area contributed by atoms with Gasteiger partial charge in [0, 0.05) is 56.7 Å². The molecular weight excluding hydrogens is 369 g/mol. The molecule has 2 aliphatic heterocycles. The number of rotatable bonds is 4. The Morgan fingerprint density at radius 2 is 1.62 bits per heavy atom. The topological polar surface area (TPSA) is 52.8 Å². The second-order valence-electron chi connectivity index (χ2n) is 7.93. The van der Waals surface area contributed by atoms with Gasteiger partial charge in [-0.3, -0.25) is 4.90 Å². The molecule has 0 unspecified atom stereocenters. The molecule has 2 aromatic heterocycles. The van der Waals surface area contributed by atoms with E-state index in [-0.39, 0.29) is 5.82 Å². The first-order valence-electron chi connectivity index (χ1n) is 10.4. The number of fused-ring (bicyclic) bond motifs is 1. The Morgan fingerprint density at radius 3 is 2.34 bits per heavy atom. The van der Waals surface area contributed by atoms with Crippen molar-refractivity contribution in [2.45, 2.75) is 26.3 Å². The van der Waals surface area contributed by atoms with E-state index in [1.165, 1.54) is 25.0 Å². The molecule has 3 aromatic rings. The van der Waals surface area contributed by atoms with Gasteiger partial charge in [-0.1, -0.05) is 0 Å². The Hall–Kier alpha value is -2.74. The highest BCUT2D eigenvalue weighted by Crippen LogP contribution is 2.22. The molecule has 0 bridgehead atoms. The quantitative estimate of drug-likeness (QED) is 0.677. The van der Waals surface area contributed by atoms with Gasteiger partial charge < -0.3 is 9.80 Å². The summed E-state index contributed by atoms with van der Waals surface area (Å²) in [7, 11) is 0. The molecule has 2 saturated heterocycles. The highest BCUT2D eigenvalue weighted by Gasteiger charge is 2.21. The zero-order valence-corrected chi connectivity index (χ0v) is 16.8. The van der Waals surface area contributed by atoms with E-state index in [4.69, 9.17) is 10.1 Å². The van der Waals surface area contributed by atoms with E-state index in [9.17, 15) is 4.39 Å². The fourth-order valence-electron chi connectivity index (χ4n) is 4.26. The molecule has 0 radical (unpaired) electrons. The first kappa shape index (κ1) is 18.3. The van der Waals surface area contributed by atoms with Gasteiger partial charge in [-0.05, 0) is 44.0 Å². The number of benzene rings is 1. The van der Waals surface area contributed by atoms with Crippen molar-refractivity contribution in [3.05, 3.63) is 47.7 Å². The summed E-state index contributed by atoms with van der Waals surface area (Å²) in [5.74, 6) is 2.41. The predicted octanol–water partition coefficient (Wildman–Crippen LogP) is 2.49. The van der Waals surface area contributed by atoms with Crippen molar-refractivity contribution >= 4 is 17.3 Å². The number of hydrogen-bond acceptors (Lipinski definition) is 6. The van der Waals surface area contributed by atoms with Crippen molar-refractivity contribution in [2.24, 2.45) is 0 Å². The molecule has 0 N–H and O–H groups in total. The van der Waals surface area contributed by atoms with E-state index < -0.39 is 0 Å². The largest absolute Gasteiger partial charge is 0.369 e. The summed E-state index contributed by atoms with van der Waals surface area (Å²) in [5, 5.41) is 4.78. The number of halogens is 1. The Balaban J connectivity index is 1.28. The molecule has 152 valence electrons. The molecule has 4 heterocycles. The summed E-state index contributed by atoms with van der Waals surface area (Å²) in [4.78, 5) is 16.3. The third-order valence-corrected chi connectivity index (χ3v) is 5.82. The van der Waals surface area contributed by atoms with Crippen LogP contribution in [0.25, 0.3) is 5.78 Å². The van der Waals surface area contributed by atoms with Crippen LogP contribution in [0.4, 0.5) is 15.9 Å². The van der Waals surface area contributed by atoms with Crippen LogP contribution in [0.2, 0.25) is 0 Å². The molecule has 0 spiro atoms. The minimum absolute atomic E-state index is 0.192. The van der Waals surface area contributed by atoms with Gasteiger partial charge in [-0.15, -0.1) is 5.10 Å². The average Bonchev–Trinajstić information content (AvgIpc) is 3.38. The normalized spacial score (nSPS) is 18.1. The number of aromatic nitrogens is 4. The zero-order chi connectivity index (χ0) is 19.8. The van der Waals surface area contributed by atoms with Crippen LogP contribution in [-0.2, 0) is 6.54 Å². The third kappa shape index (κ3) is 3.76. The van der Waals surface area contributed by atoms with Crippen molar-refractivity contribution < 1.29 is 4.39 Å². The molecule has 0 saturated carbocycles. The van der Waals surface area contributed by atoms with Crippen molar-refractivity contribution in [1.82, 2.24) is 24.5 Å². The fraction of sp³-hybridized carbons (Fsp3) is 0.476. The summed E-state index contributed by atoms with van der Waals surface area (Å²) in [6.07, 6.45) is 2.45. The molecular formula is C21H26FN7. The molecule has 5 rings (SSSR count). The third-order valence-electron chi connectivity index (χ3n) is 5.82. The lowest BCUT2D eigenvalue weighted by atomic mass is 10.2. The molecule has 8 heteroatoms. The van der Waals surface area contributed by atoms with Gasteiger partial charge >= 0.3 is 0 Å². The zero-order valence-electron chi connectivity index (χ0n) is 16.8. The summed E-state index contributed by atoms with van der Waals surface area (Å²) < 4.78 is 15.1. The van der Waals surface area contributed by atoms with Crippen LogP contribution in [0.15, 0.2) is 30.3 Å². The Morgan fingerprint density at radius 1 is 0.897 bits per heavy atom. The maximum Gasteiger partial charge on any atom is 0.254 e. The molecule has 0 aliphatic carbocycles. The van der Waals surface area contributed by atoms with E-state index >= 15 is 0 Å². The van der Waals surface area contributed by atoms with Gasteiger partial charge in [0.05, 0.1) is 6.54 Å². The molecule has 2 fully saturated rings. The fourth-order valence-corrected chi connectivity index (χ4v) is 4.26. The van der Waals surface area contributed by atoms with Gasteiger partial charge in [-0.25, -0.2) is 9.37 Å². The van der Waals surface area contributed by atoms with Gasteiger partial charge in [-0.2, -0.15) is 9.50 Å². The Labute approximate surface area is 169 Å². The standard InChI is InChI=1S/C21H26FN7/c1-16-14-20(28-8-2-3-9-28)29-21(23-16)24-19(25-29)15-26-10-12-27(13-11-26)18-6-4-17(22)5-7-18/h4-7,14H,2-3,8-13,15H2,1H3. The van der Waals surface area contributed by atoms with Crippen LogP contribution in [0.3, 0.4) is 0 Å². The van der Waals surface area contributed by atoms with E-state index in [0.29, 0.717) is 5.78 Å². The summed E-state index contributed by atoms with van der Waals surface area (Å²) in [6, 6.07) is 8.85. The van der Waals surface area contributed by atoms with Crippen LogP contribution in [0, 0.1) is 12.7 Å². The maximum atomic E-state index is 13.1. The number of nitrogens with zero attached hydrogens (tertiary/aromatic N) is 7. The lowest BCUT2D eigenvalue weighted by molar-refractivity contribution is 0.244. The lowest BCUT2D eigenvalue weighted by Crippen LogP contribution is -2.46. The Kier molecular flexibility index (Phi) is 4.79. The summed E-state index contributed by atoms with van der Waals surface area (Å²) in [6.45, 7) is 8.56. The minimum atomic E-state index is -0.192. The monoisotopic (exact) mass is 395 g/mol. The molecule has 29 heavy (non-hydrogen) atoms. The summed E-state index contributed by atoms with van der Waals surface area (Å²) >= 11 is 0. The lowest BCUT2D eigenvalue weighted by Gasteiger charge is -2.35. The van der Waals surface area contributed by atoms with Crippen LogP contribution in [0.5, 0.6) is 0 Å². The van der Waals surface area contributed by atoms with E-state index in [0.717, 1.165) is 68.8 Å². The van der Waals surface area contributed by atoms with Gasteiger partial charge in [0.1, 0.15) is 11.6 Å². The number of anilines is 2.